The highest BCUT2D eigenvalue weighted by Crippen LogP contribution is 2.52. The molecule has 2 aromatic rings. The largest absolute Gasteiger partial charge is 0.478 e. The van der Waals surface area contributed by atoms with Crippen molar-refractivity contribution in [3.05, 3.63) is 62.4 Å². The second-order valence-electron chi connectivity index (χ2n) is 6.78. The zero-order valence-corrected chi connectivity index (χ0v) is 15.1. The Morgan fingerprint density at radius 3 is 2.50 bits per heavy atom. The molecule has 134 valence electrons. The zero-order chi connectivity index (χ0) is 18.8. The molecule has 4 nitrogen and oxygen atoms in total. The number of aliphatic carboxylic acids is 1. The minimum atomic E-state index is -1.10. The molecule has 1 N–H and O–H groups in total. The smallest absolute Gasteiger partial charge is 0.345 e. The summed E-state index contributed by atoms with van der Waals surface area (Å²) in [7, 11) is 0. The van der Waals surface area contributed by atoms with Gasteiger partial charge in [0.15, 0.2) is 11.9 Å². The van der Waals surface area contributed by atoms with E-state index in [-0.39, 0.29) is 33.8 Å². The van der Waals surface area contributed by atoms with Gasteiger partial charge in [0.05, 0.1) is 10.4 Å². The van der Waals surface area contributed by atoms with Crippen molar-refractivity contribution in [1.82, 2.24) is 0 Å². The van der Waals surface area contributed by atoms with Gasteiger partial charge in [-0.3, -0.25) is 4.79 Å². The highest BCUT2D eigenvalue weighted by atomic mass is 35.5. The van der Waals surface area contributed by atoms with Crippen molar-refractivity contribution < 1.29 is 23.8 Å². The first-order chi connectivity index (χ1) is 12.2. The summed E-state index contributed by atoms with van der Waals surface area (Å²) in [4.78, 5) is 24.5. The van der Waals surface area contributed by atoms with Gasteiger partial charge in [-0.25, -0.2) is 9.18 Å². The molecule has 0 bridgehead atoms. The molecule has 2 aliphatic rings. The van der Waals surface area contributed by atoms with Gasteiger partial charge < -0.3 is 9.84 Å². The zero-order valence-electron chi connectivity index (χ0n) is 13.6. The first-order valence-corrected chi connectivity index (χ1v) is 8.72. The van der Waals surface area contributed by atoms with E-state index in [4.69, 9.17) is 27.9 Å². The van der Waals surface area contributed by atoms with E-state index in [1.54, 1.807) is 19.1 Å². The fourth-order valence-electron chi connectivity index (χ4n) is 3.80. The number of ketones is 1. The Morgan fingerprint density at radius 1 is 1.23 bits per heavy atom. The summed E-state index contributed by atoms with van der Waals surface area (Å²) in [6.45, 7) is 1.77. The van der Waals surface area contributed by atoms with Crippen LogP contribution in [0.3, 0.4) is 0 Å². The van der Waals surface area contributed by atoms with Crippen molar-refractivity contribution in [3.63, 3.8) is 0 Å². The molecule has 2 aromatic carbocycles. The maximum atomic E-state index is 13.3. The summed E-state index contributed by atoms with van der Waals surface area (Å²) in [5.74, 6) is -1.47. The number of carbonyl (C=O) groups excluding carboxylic acids is 1. The number of fused-ring (bicyclic) bond motifs is 3. The second kappa shape index (κ2) is 5.69. The van der Waals surface area contributed by atoms with E-state index in [9.17, 15) is 19.1 Å². The van der Waals surface area contributed by atoms with Crippen LogP contribution < -0.4 is 4.74 Å². The normalized spacial score (nSPS) is 23.5. The minimum absolute atomic E-state index is 0.0564. The molecule has 0 saturated carbocycles. The van der Waals surface area contributed by atoms with Crippen molar-refractivity contribution in [2.45, 2.75) is 31.3 Å². The SMILES string of the molecule is CC1(c2ccc(F)cc2)Cc2c3c(c(Cl)c(Cl)c2C1=O)OC(C(=O)O)C3. The van der Waals surface area contributed by atoms with Crippen molar-refractivity contribution >= 4 is 35.0 Å². The summed E-state index contributed by atoms with van der Waals surface area (Å²) < 4.78 is 18.7. The van der Waals surface area contributed by atoms with Gasteiger partial charge in [0, 0.05) is 17.5 Å². The maximum absolute atomic E-state index is 13.3. The van der Waals surface area contributed by atoms with Crippen LogP contribution in [0.4, 0.5) is 4.39 Å². The third-order valence-electron chi connectivity index (χ3n) is 5.22. The number of carboxylic acid groups (broad SMARTS) is 1. The number of carbonyl (C=O) groups is 2. The van der Waals surface area contributed by atoms with Crippen LogP contribution in [0, 0.1) is 5.82 Å². The molecule has 0 spiro atoms. The first kappa shape index (κ1) is 17.3. The number of Topliss-reactive ketones (excluding diaryl/α,β-unsaturated/α-hetero) is 1. The van der Waals surface area contributed by atoms with Gasteiger partial charge in [0.1, 0.15) is 16.6 Å². The van der Waals surface area contributed by atoms with Gasteiger partial charge in [-0.05, 0) is 36.6 Å². The van der Waals surface area contributed by atoms with Crippen LogP contribution in [0.2, 0.25) is 10.0 Å². The highest BCUT2D eigenvalue weighted by molar-refractivity contribution is 6.45. The lowest BCUT2D eigenvalue weighted by molar-refractivity contribution is -0.144. The van der Waals surface area contributed by atoms with Gasteiger partial charge >= 0.3 is 5.97 Å². The van der Waals surface area contributed by atoms with E-state index < -0.39 is 17.5 Å². The molecular weight excluding hydrogens is 382 g/mol. The quantitative estimate of drug-likeness (QED) is 0.827. The maximum Gasteiger partial charge on any atom is 0.345 e. The lowest BCUT2D eigenvalue weighted by atomic mass is 9.79. The number of halogens is 3. The van der Waals surface area contributed by atoms with Crippen LogP contribution in [0.25, 0.3) is 0 Å². The van der Waals surface area contributed by atoms with Gasteiger partial charge in [-0.2, -0.15) is 0 Å². The average molecular weight is 395 g/mol. The summed E-state index contributed by atoms with van der Waals surface area (Å²) in [6.07, 6.45) is -0.615. The molecule has 0 aromatic heterocycles. The third kappa shape index (κ3) is 2.27. The van der Waals surface area contributed by atoms with Crippen LogP contribution in [0.15, 0.2) is 24.3 Å². The molecule has 7 heteroatoms. The summed E-state index contributed by atoms with van der Waals surface area (Å²) in [5.41, 5.74) is 1.31. The molecular formula is C19H13Cl2FO4. The van der Waals surface area contributed by atoms with Crippen molar-refractivity contribution in [2.24, 2.45) is 0 Å². The summed E-state index contributed by atoms with van der Waals surface area (Å²) in [6, 6.07) is 5.76. The van der Waals surface area contributed by atoms with E-state index >= 15 is 0 Å². The summed E-state index contributed by atoms with van der Waals surface area (Å²) >= 11 is 12.6. The van der Waals surface area contributed by atoms with Gasteiger partial charge in [0.2, 0.25) is 0 Å². The van der Waals surface area contributed by atoms with E-state index in [0.29, 0.717) is 28.7 Å². The number of carboxylic acids is 1. The Bertz CT molecular complexity index is 971. The van der Waals surface area contributed by atoms with Crippen molar-refractivity contribution in [1.29, 1.82) is 0 Å². The average Bonchev–Trinajstić information content (AvgIpc) is 3.15. The molecule has 0 saturated heterocycles. The molecule has 2 atom stereocenters. The number of rotatable bonds is 2. The summed E-state index contributed by atoms with van der Waals surface area (Å²) in [5, 5.41) is 9.38. The molecule has 0 amide bonds. The van der Waals surface area contributed by atoms with Crippen LogP contribution in [-0.2, 0) is 23.1 Å². The lowest BCUT2D eigenvalue weighted by Crippen LogP contribution is -2.29. The molecule has 0 fully saturated rings. The van der Waals surface area contributed by atoms with E-state index in [0.717, 1.165) is 0 Å². The predicted octanol–water partition coefficient (Wildman–Crippen LogP) is 4.22. The topological polar surface area (TPSA) is 63.6 Å². The van der Waals surface area contributed by atoms with Gasteiger partial charge in [0.25, 0.3) is 0 Å². The molecule has 0 radical (unpaired) electrons. The van der Waals surface area contributed by atoms with Crippen molar-refractivity contribution in [3.8, 4) is 5.75 Å². The molecule has 1 aliphatic carbocycles. The molecule has 1 aliphatic heterocycles. The number of ether oxygens (including phenoxy) is 1. The first-order valence-electron chi connectivity index (χ1n) is 7.97. The van der Waals surface area contributed by atoms with Crippen LogP contribution in [0.1, 0.15) is 34.0 Å². The minimum Gasteiger partial charge on any atom is -0.478 e. The fraction of sp³-hybridized carbons (Fsp3) is 0.263. The molecule has 26 heavy (non-hydrogen) atoms. The fourth-order valence-corrected chi connectivity index (χ4v) is 4.34. The predicted molar refractivity (Wildman–Crippen MR) is 94.0 cm³/mol. The number of benzene rings is 2. The molecule has 1 heterocycles. The van der Waals surface area contributed by atoms with Crippen molar-refractivity contribution in [2.75, 3.05) is 0 Å². The Morgan fingerprint density at radius 2 is 1.88 bits per heavy atom. The van der Waals surface area contributed by atoms with Crippen LogP contribution in [0.5, 0.6) is 5.75 Å². The van der Waals surface area contributed by atoms with E-state index in [1.807, 2.05) is 0 Å². The van der Waals surface area contributed by atoms with E-state index in [1.165, 1.54) is 12.1 Å². The lowest BCUT2D eigenvalue weighted by Gasteiger charge is -2.22. The second-order valence-corrected chi connectivity index (χ2v) is 7.54. The highest BCUT2D eigenvalue weighted by Gasteiger charge is 2.48. The van der Waals surface area contributed by atoms with Crippen LogP contribution in [-0.4, -0.2) is 23.0 Å². The van der Waals surface area contributed by atoms with Crippen LogP contribution >= 0.6 is 23.2 Å². The Hall–Kier alpha value is -2.11. The Labute approximate surface area is 158 Å². The third-order valence-corrected chi connectivity index (χ3v) is 6.05. The Balaban J connectivity index is 1.87. The van der Waals surface area contributed by atoms with E-state index in [2.05, 4.69) is 0 Å². The number of hydrogen-bond acceptors (Lipinski definition) is 3. The van der Waals surface area contributed by atoms with Gasteiger partial charge in [-0.15, -0.1) is 0 Å². The number of hydrogen-bond donors (Lipinski definition) is 1. The molecule has 2 unspecified atom stereocenters. The standard InChI is InChI=1S/C19H13Cl2FO4/c1-19(8-2-4-9(22)5-3-8)7-11-10-6-12(18(24)25)26-16(10)15(21)14(20)13(11)17(19)23/h2-5,12H,6-7H2,1H3,(H,24,25). The Kier molecular flexibility index (Phi) is 3.79. The van der Waals surface area contributed by atoms with Gasteiger partial charge in [-0.1, -0.05) is 35.3 Å². The monoisotopic (exact) mass is 394 g/mol. The molecule has 4 rings (SSSR count).